The number of benzene rings is 1. The average molecular weight is 393 g/mol. The van der Waals surface area contributed by atoms with E-state index in [2.05, 4.69) is 20.9 Å². The number of carbonyl (C=O) groups is 2. The quantitative estimate of drug-likeness (QED) is 0.693. The molecule has 2 atom stereocenters. The maximum atomic E-state index is 12.4. The minimum Gasteiger partial charge on any atom is -0.354 e. The number of piperidine rings is 1. The van der Waals surface area contributed by atoms with Crippen LogP contribution in [0.1, 0.15) is 31.2 Å². The van der Waals surface area contributed by atoms with Gasteiger partial charge in [-0.25, -0.2) is 0 Å². The van der Waals surface area contributed by atoms with Crippen LogP contribution in [-0.2, 0) is 9.59 Å². The SMILES string of the molecule is Cc1ccc(NC(=O)CN2CCCC(CNC(=O)C3CCCN3)C2)c(Cl)c1. The standard InChI is InChI=1S/C20H29ClN4O2/c1-14-6-7-17(16(21)10-14)24-19(26)13-25-9-3-4-15(12-25)11-23-20(27)18-5-2-8-22-18/h6-7,10,15,18,22H,2-5,8-9,11-13H2,1H3,(H,23,27)(H,24,26). The lowest BCUT2D eigenvalue weighted by molar-refractivity contribution is -0.123. The Morgan fingerprint density at radius 1 is 1.30 bits per heavy atom. The van der Waals surface area contributed by atoms with Gasteiger partial charge in [-0.05, 0) is 69.3 Å². The molecule has 0 saturated carbocycles. The third kappa shape index (κ3) is 5.92. The molecule has 6 nitrogen and oxygen atoms in total. The summed E-state index contributed by atoms with van der Waals surface area (Å²) in [5.74, 6) is 0.442. The number of hydrogen-bond acceptors (Lipinski definition) is 4. The molecule has 0 aromatic heterocycles. The van der Waals surface area contributed by atoms with Crippen molar-refractivity contribution < 1.29 is 9.59 Å². The fourth-order valence-corrected chi connectivity index (χ4v) is 4.13. The van der Waals surface area contributed by atoms with Crippen molar-refractivity contribution >= 4 is 29.1 Å². The summed E-state index contributed by atoms with van der Waals surface area (Å²) in [5.41, 5.74) is 1.71. The number of nitrogens with zero attached hydrogens (tertiary/aromatic N) is 1. The van der Waals surface area contributed by atoms with Gasteiger partial charge in [-0.3, -0.25) is 14.5 Å². The highest BCUT2D eigenvalue weighted by Crippen LogP contribution is 2.23. The molecule has 2 fully saturated rings. The predicted molar refractivity (Wildman–Crippen MR) is 108 cm³/mol. The zero-order valence-electron chi connectivity index (χ0n) is 15.9. The van der Waals surface area contributed by atoms with E-state index in [1.807, 2.05) is 25.1 Å². The van der Waals surface area contributed by atoms with Crippen LogP contribution >= 0.6 is 11.6 Å². The summed E-state index contributed by atoms with van der Waals surface area (Å²) in [6, 6.07) is 5.58. The van der Waals surface area contributed by atoms with Crippen LogP contribution in [0.2, 0.25) is 5.02 Å². The summed E-state index contributed by atoms with van der Waals surface area (Å²) in [5, 5.41) is 9.75. The summed E-state index contributed by atoms with van der Waals surface area (Å²) in [4.78, 5) is 26.7. The fraction of sp³-hybridized carbons (Fsp3) is 0.600. The van der Waals surface area contributed by atoms with Crippen LogP contribution in [0.15, 0.2) is 18.2 Å². The Balaban J connectivity index is 1.43. The molecule has 0 aliphatic carbocycles. The van der Waals surface area contributed by atoms with E-state index < -0.39 is 0 Å². The maximum Gasteiger partial charge on any atom is 0.238 e. The topological polar surface area (TPSA) is 73.5 Å². The van der Waals surface area contributed by atoms with Crippen LogP contribution in [0.3, 0.4) is 0 Å². The van der Waals surface area contributed by atoms with Gasteiger partial charge in [-0.15, -0.1) is 0 Å². The Labute approximate surface area is 166 Å². The number of amides is 2. The van der Waals surface area contributed by atoms with Crippen molar-refractivity contribution in [2.75, 3.05) is 38.0 Å². The van der Waals surface area contributed by atoms with Crippen molar-refractivity contribution in [2.45, 2.75) is 38.6 Å². The minimum absolute atomic E-state index is 0.0327. The first-order chi connectivity index (χ1) is 13.0. The van der Waals surface area contributed by atoms with Crippen molar-refractivity contribution in [3.63, 3.8) is 0 Å². The zero-order valence-corrected chi connectivity index (χ0v) is 16.6. The van der Waals surface area contributed by atoms with E-state index >= 15 is 0 Å². The molecule has 27 heavy (non-hydrogen) atoms. The zero-order chi connectivity index (χ0) is 19.2. The van der Waals surface area contributed by atoms with Gasteiger partial charge in [0.1, 0.15) is 0 Å². The molecule has 2 heterocycles. The highest BCUT2D eigenvalue weighted by atomic mass is 35.5. The second-order valence-corrected chi connectivity index (χ2v) is 8.08. The van der Waals surface area contributed by atoms with Crippen molar-refractivity contribution in [3.8, 4) is 0 Å². The van der Waals surface area contributed by atoms with Gasteiger partial charge in [0.2, 0.25) is 11.8 Å². The molecule has 1 aromatic rings. The highest BCUT2D eigenvalue weighted by Gasteiger charge is 2.25. The first kappa shape index (κ1) is 20.1. The molecule has 7 heteroatoms. The molecule has 2 saturated heterocycles. The van der Waals surface area contributed by atoms with Crippen LogP contribution in [0.4, 0.5) is 5.69 Å². The number of anilines is 1. The molecule has 0 bridgehead atoms. The van der Waals surface area contributed by atoms with Gasteiger partial charge in [-0.1, -0.05) is 17.7 Å². The number of likely N-dealkylation sites (tertiary alicyclic amines) is 1. The van der Waals surface area contributed by atoms with Gasteiger partial charge < -0.3 is 16.0 Å². The van der Waals surface area contributed by atoms with Crippen molar-refractivity contribution in [1.29, 1.82) is 0 Å². The van der Waals surface area contributed by atoms with Gasteiger partial charge in [0.25, 0.3) is 0 Å². The Kier molecular flexibility index (Phi) is 7.10. The minimum atomic E-state index is -0.0550. The van der Waals surface area contributed by atoms with Crippen LogP contribution in [0, 0.1) is 12.8 Å². The van der Waals surface area contributed by atoms with Crippen molar-refractivity contribution in [2.24, 2.45) is 5.92 Å². The van der Waals surface area contributed by atoms with E-state index in [0.717, 1.165) is 50.9 Å². The molecule has 3 rings (SSSR count). The van der Waals surface area contributed by atoms with Crippen LogP contribution in [0.25, 0.3) is 0 Å². The first-order valence-electron chi connectivity index (χ1n) is 9.80. The lowest BCUT2D eigenvalue weighted by atomic mass is 9.98. The molecule has 2 amide bonds. The fourth-order valence-electron chi connectivity index (χ4n) is 3.85. The first-order valence-corrected chi connectivity index (χ1v) is 10.2. The predicted octanol–water partition coefficient (Wildman–Crippen LogP) is 2.17. The molecular formula is C20H29ClN4O2. The van der Waals surface area contributed by atoms with Gasteiger partial charge in [0, 0.05) is 13.1 Å². The Morgan fingerprint density at radius 3 is 2.89 bits per heavy atom. The summed E-state index contributed by atoms with van der Waals surface area (Å²) in [6.07, 6.45) is 4.11. The van der Waals surface area contributed by atoms with E-state index in [9.17, 15) is 9.59 Å². The summed E-state index contributed by atoms with van der Waals surface area (Å²) < 4.78 is 0. The molecule has 3 N–H and O–H groups in total. The lowest BCUT2D eigenvalue weighted by Crippen LogP contribution is -2.46. The Bertz CT molecular complexity index is 676. The third-order valence-corrected chi connectivity index (χ3v) is 5.62. The number of hydrogen-bond donors (Lipinski definition) is 3. The Morgan fingerprint density at radius 2 is 2.15 bits per heavy atom. The Hall–Kier alpha value is -1.63. The van der Waals surface area contributed by atoms with Crippen molar-refractivity contribution in [3.05, 3.63) is 28.8 Å². The summed E-state index contributed by atoms with van der Waals surface area (Å²) in [6.45, 7) is 5.65. The third-order valence-electron chi connectivity index (χ3n) is 5.31. The molecule has 0 radical (unpaired) electrons. The summed E-state index contributed by atoms with van der Waals surface area (Å²) >= 11 is 6.19. The molecule has 148 valence electrons. The number of rotatable bonds is 6. The largest absolute Gasteiger partial charge is 0.354 e. The highest BCUT2D eigenvalue weighted by molar-refractivity contribution is 6.33. The van der Waals surface area contributed by atoms with Gasteiger partial charge in [-0.2, -0.15) is 0 Å². The molecule has 2 aliphatic heterocycles. The van der Waals surface area contributed by atoms with Crippen molar-refractivity contribution in [1.82, 2.24) is 15.5 Å². The van der Waals surface area contributed by atoms with Gasteiger partial charge in [0.05, 0.1) is 23.3 Å². The average Bonchev–Trinajstić information content (AvgIpc) is 3.17. The summed E-state index contributed by atoms with van der Waals surface area (Å²) in [7, 11) is 0. The van der Waals surface area contributed by atoms with E-state index in [0.29, 0.717) is 29.7 Å². The molecule has 0 spiro atoms. The van der Waals surface area contributed by atoms with E-state index in [4.69, 9.17) is 11.6 Å². The lowest BCUT2D eigenvalue weighted by Gasteiger charge is -2.32. The maximum absolute atomic E-state index is 12.4. The molecule has 2 aliphatic rings. The van der Waals surface area contributed by atoms with Crippen LogP contribution in [0.5, 0.6) is 0 Å². The number of nitrogens with one attached hydrogen (secondary N) is 3. The number of aryl methyl sites for hydroxylation is 1. The number of halogens is 1. The van der Waals surface area contributed by atoms with Gasteiger partial charge >= 0.3 is 0 Å². The van der Waals surface area contributed by atoms with Gasteiger partial charge in [0.15, 0.2) is 0 Å². The monoisotopic (exact) mass is 392 g/mol. The molecule has 2 unspecified atom stereocenters. The molecular weight excluding hydrogens is 364 g/mol. The smallest absolute Gasteiger partial charge is 0.238 e. The van der Waals surface area contributed by atoms with Crippen LogP contribution in [-0.4, -0.2) is 55.5 Å². The second kappa shape index (κ2) is 9.53. The van der Waals surface area contributed by atoms with Crippen LogP contribution < -0.4 is 16.0 Å². The van der Waals surface area contributed by atoms with E-state index in [1.165, 1.54) is 0 Å². The normalized spacial score (nSPS) is 23.2. The second-order valence-electron chi connectivity index (χ2n) is 7.67. The molecule has 1 aromatic carbocycles. The van der Waals surface area contributed by atoms with E-state index in [-0.39, 0.29) is 17.9 Å². The van der Waals surface area contributed by atoms with E-state index in [1.54, 1.807) is 0 Å². The number of carbonyl (C=O) groups excluding carboxylic acids is 2.